The van der Waals surface area contributed by atoms with Crippen LogP contribution in [-0.4, -0.2) is 47.3 Å². The monoisotopic (exact) mass is 282 g/mol. The molecule has 2 bridgehead atoms. The molecule has 0 aliphatic carbocycles. The van der Waals surface area contributed by atoms with Crippen LogP contribution >= 0.6 is 0 Å². The third-order valence-electron chi connectivity index (χ3n) is 5.08. The maximum atomic E-state index is 4.60. The van der Waals surface area contributed by atoms with Crippen molar-refractivity contribution >= 4 is 16.6 Å². The molecule has 0 N–H and O–H groups in total. The average Bonchev–Trinajstić information content (AvgIpc) is 2.80. The van der Waals surface area contributed by atoms with Crippen LogP contribution in [0.15, 0.2) is 24.3 Å². The van der Waals surface area contributed by atoms with E-state index >= 15 is 0 Å². The molecule has 0 saturated carbocycles. The van der Waals surface area contributed by atoms with Gasteiger partial charge in [-0.05, 0) is 39.8 Å². The number of aryl methyl sites for hydroxylation is 1. The third-order valence-corrected chi connectivity index (χ3v) is 5.08. The van der Waals surface area contributed by atoms with Gasteiger partial charge in [0.2, 0.25) is 0 Å². The van der Waals surface area contributed by atoms with E-state index in [1.165, 1.54) is 36.6 Å². The maximum Gasteiger partial charge on any atom is 0.159 e. The van der Waals surface area contributed by atoms with Crippen molar-refractivity contribution in [2.45, 2.75) is 38.3 Å². The number of fused-ring (bicyclic) bond motifs is 3. The second kappa shape index (κ2) is 4.95. The van der Waals surface area contributed by atoms with Crippen molar-refractivity contribution in [3.8, 4) is 0 Å². The number of aromatic nitrogens is 2. The Kier molecular flexibility index (Phi) is 3.07. The first-order chi connectivity index (χ1) is 10.2. The van der Waals surface area contributed by atoms with Gasteiger partial charge in [-0.25, -0.2) is 0 Å². The smallest absolute Gasteiger partial charge is 0.159 e. The molecule has 4 nitrogen and oxygen atoms in total. The third kappa shape index (κ3) is 2.09. The first kappa shape index (κ1) is 13.0. The minimum absolute atomic E-state index is 0.586. The highest BCUT2D eigenvalue weighted by molar-refractivity contribution is 5.93. The lowest BCUT2D eigenvalue weighted by molar-refractivity contribution is 0.315. The Balaban J connectivity index is 1.85. The van der Waals surface area contributed by atoms with Gasteiger partial charge in [-0.1, -0.05) is 24.3 Å². The van der Waals surface area contributed by atoms with Crippen LogP contribution in [0, 0.1) is 6.92 Å². The van der Waals surface area contributed by atoms with Gasteiger partial charge in [0.05, 0.1) is 5.69 Å². The molecule has 1 aromatic carbocycles. The van der Waals surface area contributed by atoms with E-state index in [9.17, 15) is 0 Å². The average molecular weight is 282 g/mol. The molecule has 0 radical (unpaired) electrons. The minimum Gasteiger partial charge on any atom is -0.347 e. The second-order valence-corrected chi connectivity index (χ2v) is 6.50. The predicted molar refractivity (Wildman–Crippen MR) is 85.7 cm³/mol. The van der Waals surface area contributed by atoms with E-state index in [-0.39, 0.29) is 0 Å². The highest BCUT2D eigenvalue weighted by atomic mass is 15.3. The Morgan fingerprint density at radius 1 is 1.00 bits per heavy atom. The molecule has 2 aromatic rings. The van der Waals surface area contributed by atoms with Crippen molar-refractivity contribution < 1.29 is 0 Å². The molecule has 4 rings (SSSR count). The highest BCUT2D eigenvalue weighted by Crippen LogP contribution is 2.37. The van der Waals surface area contributed by atoms with Crippen LogP contribution in [0.4, 0.5) is 5.82 Å². The van der Waals surface area contributed by atoms with Gasteiger partial charge >= 0.3 is 0 Å². The van der Waals surface area contributed by atoms with Crippen LogP contribution in [0.2, 0.25) is 0 Å². The second-order valence-electron chi connectivity index (χ2n) is 6.50. The summed E-state index contributed by atoms with van der Waals surface area (Å²) >= 11 is 0. The summed E-state index contributed by atoms with van der Waals surface area (Å²) in [5.74, 6) is 1.10. The fourth-order valence-electron chi connectivity index (χ4n) is 4.00. The summed E-state index contributed by atoms with van der Waals surface area (Å²) in [6.45, 7) is 4.37. The zero-order valence-corrected chi connectivity index (χ0v) is 12.8. The predicted octanol–water partition coefficient (Wildman–Crippen LogP) is 2.61. The Morgan fingerprint density at radius 2 is 1.76 bits per heavy atom. The lowest BCUT2D eigenvalue weighted by Crippen LogP contribution is -2.39. The van der Waals surface area contributed by atoms with Gasteiger partial charge in [-0.2, -0.15) is 5.10 Å². The molecule has 0 amide bonds. The van der Waals surface area contributed by atoms with Crippen molar-refractivity contribution in [3.63, 3.8) is 0 Å². The lowest BCUT2D eigenvalue weighted by atomic mass is 10.1. The van der Waals surface area contributed by atoms with Crippen LogP contribution in [0.3, 0.4) is 0 Å². The fraction of sp³-hybridized carbons (Fsp3) is 0.529. The summed E-state index contributed by atoms with van der Waals surface area (Å²) in [4.78, 5) is 5.03. The molecule has 0 unspecified atom stereocenters. The lowest BCUT2D eigenvalue weighted by Gasteiger charge is -2.30. The Labute approximate surface area is 125 Å². The van der Waals surface area contributed by atoms with Gasteiger partial charge in [-0.15, -0.1) is 5.10 Å². The molecule has 2 aliphatic rings. The number of likely N-dealkylation sites (tertiary alicyclic amines) is 1. The maximum absolute atomic E-state index is 4.60. The van der Waals surface area contributed by atoms with Crippen molar-refractivity contribution in [3.05, 3.63) is 30.0 Å². The van der Waals surface area contributed by atoms with E-state index in [4.69, 9.17) is 0 Å². The Hall–Kier alpha value is -1.68. The van der Waals surface area contributed by atoms with Crippen LogP contribution in [0.25, 0.3) is 10.8 Å². The molecule has 110 valence electrons. The summed E-state index contributed by atoms with van der Waals surface area (Å²) < 4.78 is 0. The molecular formula is C17H22N4. The first-order valence-corrected chi connectivity index (χ1v) is 7.93. The fourth-order valence-corrected chi connectivity index (χ4v) is 4.00. The van der Waals surface area contributed by atoms with Gasteiger partial charge in [0.1, 0.15) is 0 Å². The number of rotatable bonds is 1. The van der Waals surface area contributed by atoms with Crippen LogP contribution < -0.4 is 4.90 Å². The van der Waals surface area contributed by atoms with Gasteiger partial charge in [0.15, 0.2) is 5.82 Å². The van der Waals surface area contributed by atoms with Crippen molar-refractivity contribution in [2.75, 3.05) is 25.0 Å². The zero-order chi connectivity index (χ0) is 14.4. The number of nitrogens with zero attached hydrogens (tertiary/aromatic N) is 4. The highest BCUT2D eigenvalue weighted by Gasteiger charge is 2.38. The number of benzene rings is 1. The molecule has 2 saturated heterocycles. The summed E-state index contributed by atoms with van der Waals surface area (Å²) in [5, 5.41) is 11.5. The van der Waals surface area contributed by atoms with E-state index in [0.29, 0.717) is 12.1 Å². The van der Waals surface area contributed by atoms with Crippen LogP contribution in [-0.2, 0) is 0 Å². The quantitative estimate of drug-likeness (QED) is 0.805. The van der Waals surface area contributed by atoms with Crippen molar-refractivity contribution in [1.82, 2.24) is 15.1 Å². The molecule has 2 fully saturated rings. The normalized spacial score (nSPS) is 26.3. The summed E-state index contributed by atoms with van der Waals surface area (Å²) in [6.07, 6.45) is 3.80. The van der Waals surface area contributed by atoms with Gasteiger partial charge in [0.25, 0.3) is 0 Å². The zero-order valence-electron chi connectivity index (χ0n) is 12.8. The summed E-state index contributed by atoms with van der Waals surface area (Å²) in [5.41, 5.74) is 1.02. The largest absolute Gasteiger partial charge is 0.347 e. The van der Waals surface area contributed by atoms with Gasteiger partial charge in [0, 0.05) is 29.4 Å². The molecule has 0 spiro atoms. The summed E-state index contributed by atoms with van der Waals surface area (Å²) in [7, 11) is 2.23. The van der Waals surface area contributed by atoms with E-state index in [1.54, 1.807) is 0 Å². The SMILES string of the molecule is Cc1nnc(N2[C@@H]3CC[C@H]2CN(C)CC3)c2ccccc12. The van der Waals surface area contributed by atoms with E-state index in [0.717, 1.165) is 18.1 Å². The Morgan fingerprint density at radius 3 is 2.62 bits per heavy atom. The number of likely N-dealkylation sites (N-methyl/N-ethyl adjacent to an activating group) is 1. The molecule has 2 atom stereocenters. The molecule has 4 heteroatoms. The summed E-state index contributed by atoms with van der Waals surface area (Å²) in [6, 6.07) is 9.77. The van der Waals surface area contributed by atoms with E-state index in [2.05, 4.69) is 51.3 Å². The molecule has 2 aliphatic heterocycles. The van der Waals surface area contributed by atoms with Crippen molar-refractivity contribution in [2.24, 2.45) is 0 Å². The van der Waals surface area contributed by atoms with Gasteiger partial charge in [-0.3, -0.25) is 0 Å². The Bertz CT molecular complexity index is 669. The van der Waals surface area contributed by atoms with Gasteiger partial charge < -0.3 is 9.80 Å². The van der Waals surface area contributed by atoms with E-state index in [1.807, 2.05) is 6.92 Å². The van der Waals surface area contributed by atoms with Crippen LogP contribution in [0.5, 0.6) is 0 Å². The topological polar surface area (TPSA) is 32.3 Å². The first-order valence-electron chi connectivity index (χ1n) is 7.93. The standard InChI is InChI=1S/C17H22N4/c1-12-15-5-3-4-6-16(15)17(19-18-12)21-13-7-8-14(21)11-20(2)10-9-13/h3-6,13-14H,7-11H2,1-2H3/t13-,14+/m1/s1. The van der Waals surface area contributed by atoms with Crippen LogP contribution in [0.1, 0.15) is 25.0 Å². The number of hydrogen-bond acceptors (Lipinski definition) is 4. The molecule has 21 heavy (non-hydrogen) atoms. The molecule has 1 aromatic heterocycles. The molecule has 3 heterocycles. The molecular weight excluding hydrogens is 260 g/mol. The minimum atomic E-state index is 0.586. The van der Waals surface area contributed by atoms with E-state index < -0.39 is 0 Å². The number of anilines is 1. The van der Waals surface area contributed by atoms with Crippen molar-refractivity contribution in [1.29, 1.82) is 0 Å². The number of hydrogen-bond donors (Lipinski definition) is 0.